The Bertz CT molecular complexity index is 700. The summed E-state index contributed by atoms with van der Waals surface area (Å²) in [4.78, 5) is 11.9. The highest BCUT2D eigenvalue weighted by Crippen LogP contribution is 2.57. The Morgan fingerprint density at radius 3 is 2.39 bits per heavy atom. The molecule has 4 bridgehead atoms. The lowest BCUT2D eigenvalue weighted by molar-refractivity contribution is 0.00194. The lowest BCUT2D eigenvalue weighted by atomic mass is 9.53. The Morgan fingerprint density at radius 2 is 1.78 bits per heavy atom. The molecule has 2 heterocycles. The lowest BCUT2D eigenvalue weighted by Crippen LogP contribution is -2.49. The number of aromatic nitrogens is 2. The van der Waals surface area contributed by atoms with Crippen LogP contribution >= 0.6 is 0 Å². The third-order valence-corrected chi connectivity index (χ3v) is 6.54. The van der Waals surface area contributed by atoms with Gasteiger partial charge in [0.2, 0.25) is 0 Å². The molecule has 2 N–H and O–H groups in total. The van der Waals surface area contributed by atoms with Crippen molar-refractivity contribution in [3.8, 4) is 11.3 Å². The van der Waals surface area contributed by atoms with Crippen LogP contribution in [0.15, 0.2) is 29.5 Å². The summed E-state index contributed by atoms with van der Waals surface area (Å²) in [6.45, 7) is 2.19. The second-order valence-corrected chi connectivity index (χ2v) is 8.22. The van der Waals surface area contributed by atoms with Gasteiger partial charge in [-0.05, 0) is 80.9 Å². The van der Waals surface area contributed by atoms with E-state index in [1.807, 2.05) is 12.3 Å². The number of hydrogen-bond donors (Lipinski definition) is 2. The van der Waals surface area contributed by atoms with E-state index >= 15 is 0 Å². The SMILES string of the molecule is Cc1c(-c2ccc[nH]2)c[nH]c1C=NC12CC3CC(CC(C3)C1)C2. The van der Waals surface area contributed by atoms with Gasteiger partial charge in [-0.3, -0.25) is 4.99 Å². The van der Waals surface area contributed by atoms with Crippen molar-refractivity contribution < 1.29 is 0 Å². The predicted molar refractivity (Wildman–Crippen MR) is 93.8 cm³/mol. The Labute approximate surface area is 137 Å². The first-order valence-electron chi connectivity index (χ1n) is 9.08. The van der Waals surface area contributed by atoms with Crippen LogP contribution in [0.4, 0.5) is 0 Å². The molecule has 120 valence electrons. The number of nitrogens with one attached hydrogen (secondary N) is 2. The van der Waals surface area contributed by atoms with Crippen LogP contribution in [0.1, 0.15) is 49.8 Å². The Morgan fingerprint density at radius 1 is 1.09 bits per heavy atom. The van der Waals surface area contributed by atoms with Crippen molar-refractivity contribution in [1.29, 1.82) is 0 Å². The molecule has 6 rings (SSSR count). The molecule has 0 unspecified atom stereocenters. The van der Waals surface area contributed by atoms with Crippen LogP contribution in [0.25, 0.3) is 11.3 Å². The van der Waals surface area contributed by atoms with Gasteiger partial charge in [0.1, 0.15) is 0 Å². The summed E-state index contributed by atoms with van der Waals surface area (Å²) in [6, 6.07) is 4.17. The van der Waals surface area contributed by atoms with E-state index in [2.05, 4.69) is 35.4 Å². The molecule has 2 aromatic rings. The van der Waals surface area contributed by atoms with Crippen molar-refractivity contribution in [3.05, 3.63) is 35.8 Å². The van der Waals surface area contributed by atoms with Crippen molar-refractivity contribution in [2.24, 2.45) is 22.7 Å². The van der Waals surface area contributed by atoms with Gasteiger partial charge in [0.05, 0.1) is 11.2 Å². The molecule has 0 atom stereocenters. The van der Waals surface area contributed by atoms with Gasteiger partial charge >= 0.3 is 0 Å². The van der Waals surface area contributed by atoms with Crippen molar-refractivity contribution in [3.63, 3.8) is 0 Å². The van der Waals surface area contributed by atoms with Gasteiger partial charge in [0, 0.05) is 29.9 Å². The summed E-state index contributed by atoms with van der Waals surface area (Å²) in [5.74, 6) is 2.87. The fraction of sp³-hybridized carbons (Fsp3) is 0.550. The van der Waals surface area contributed by atoms with Crippen LogP contribution < -0.4 is 0 Å². The fourth-order valence-electron chi connectivity index (χ4n) is 5.85. The van der Waals surface area contributed by atoms with Gasteiger partial charge in [0.25, 0.3) is 0 Å². The third kappa shape index (κ3) is 2.20. The Hall–Kier alpha value is -1.77. The molecule has 4 saturated carbocycles. The molecule has 0 amide bonds. The molecule has 0 spiro atoms. The van der Waals surface area contributed by atoms with E-state index in [1.165, 1.54) is 61.0 Å². The molecule has 3 heteroatoms. The zero-order valence-electron chi connectivity index (χ0n) is 13.8. The van der Waals surface area contributed by atoms with Gasteiger partial charge in [-0.15, -0.1) is 0 Å². The van der Waals surface area contributed by atoms with Gasteiger partial charge in [0.15, 0.2) is 0 Å². The number of rotatable bonds is 3. The average Bonchev–Trinajstić information content (AvgIpc) is 3.13. The van der Waals surface area contributed by atoms with Crippen LogP contribution in [0.3, 0.4) is 0 Å². The van der Waals surface area contributed by atoms with E-state index < -0.39 is 0 Å². The van der Waals surface area contributed by atoms with Gasteiger partial charge in [-0.2, -0.15) is 0 Å². The second-order valence-electron chi connectivity index (χ2n) is 8.22. The highest BCUT2D eigenvalue weighted by molar-refractivity contribution is 5.84. The first kappa shape index (κ1) is 13.6. The molecular weight excluding hydrogens is 282 g/mol. The summed E-state index contributed by atoms with van der Waals surface area (Å²) in [7, 11) is 0. The molecule has 0 saturated heterocycles. The molecule has 3 nitrogen and oxygen atoms in total. The molecule has 4 aliphatic carbocycles. The van der Waals surface area contributed by atoms with E-state index in [0.29, 0.717) is 0 Å². The first-order valence-corrected chi connectivity index (χ1v) is 9.08. The van der Waals surface area contributed by atoms with Crippen molar-refractivity contribution >= 4 is 6.21 Å². The van der Waals surface area contributed by atoms with E-state index in [-0.39, 0.29) is 5.54 Å². The molecule has 23 heavy (non-hydrogen) atoms. The maximum atomic E-state index is 5.17. The lowest BCUT2D eigenvalue weighted by Gasteiger charge is -2.54. The molecule has 0 aromatic carbocycles. The minimum atomic E-state index is 0.263. The van der Waals surface area contributed by atoms with Crippen LogP contribution in [0.2, 0.25) is 0 Å². The molecule has 2 aromatic heterocycles. The normalized spacial score (nSPS) is 35.4. The minimum Gasteiger partial charge on any atom is -0.361 e. The zero-order valence-corrected chi connectivity index (χ0v) is 13.8. The summed E-state index contributed by atoms with van der Waals surface area (Å²) in [6.07, 6.45) is 14.6. The summed E-state index contributed by atoms with van der Waals surface area (Å²) in [5.41, 5.74) is 5.15. The third-order valence-electron chi connectivity index (χ3n) is 6.54. The monoisotopic (exact) mass is 307 g/mol. The van der Waals surface area contributed by atoms with Gasteiger partial charge in [-0.25, -0.2) is 0 Å². The highest BCUT2D eigenvalue weighted by Gasteiger charge is 2.50. The van der Waals surface area contributed by atoms with Gasteiger partial charge in [-0.1, -0.05) is 0 Å². The number of nitrogens with zero attached hydrogens (tertiary/aromatic N) is 1. The van der Waals surface area contributed by atoms with E-state index in [0.717, 1.165) is 17.8 Å². The molecule has 4 aliphatic rings. The molecule has 4 fully saturated rings. The van der Waals surface area contributed by atoms with Crippen molar-refractivity contribution in [1.82, 2.24) is 9.97 Å². The number of aliphatic imine (C=N–C) groups is 1. The molecule has 0 radical (unpaired) electrons. The summed E-state index contributed by atoms with van der Waals surface area (Å²) >= 11 is 0. The number of hydrogen-bond acceptors (Lipinski definition) is 1. The standard InChI is InChI=1S/C20H25N3/c1-13-17(18-3-2-4-21-18)11-22-19(13)12-23-20-8-14-5-15(9-20)7-16(6-14)10-20/h2-4,11-12,14-16,21-22H,5-10H2,1H3. The molecule has 0 aliphatic heterocycles. The minimum absolute atomic E-state index is 0.263. The number of aromatic amines is 2. The quantitative estimate of drug-likeness (QED) is 0.772. The smallest absolute Gasteiger partial charge is 0.0617 e. The number of H-pyrrole nitrogens is 2. The fourth-order valence-corrected chi connectivity index (χ4v) is 5.85. The molecular formula is C20H25N3. The van der Waals surface area contributed by atoms with E-state index in [4.69, 9.17) is 4.99 Å². The second kappa shape index (κ2) is 4.86. The van der Waals surface area contributed by atoms with Crippen molar-refractivity contribution in [2.45, 2.75) is 51.0 Å². The maximum absolute atomic E-state index is 5.17. The summed E-state index contributed by atoms with van der Waals surface area (Å²) in [5, 5.41) is 0. The largest absolute Gasteiger partial charge is 0.361 e. The van der Waals surface area contributed by atoms with Crippen LogP contribution in [-0.4, -0.2) is 21.7 Å². The van der Waals surface area contributed by atoms with E-state index in [1.54, 1.807) is 0 Å². The topological polar surface area (TPSA) is 43.9 Å². The average molecular weight is 307 g/mol. The van der Waals surface area contributed by atoms with Gasteiger partial charge < -0.3 is 9.97 Å². The maximum Gasteiger partial charge on any atom is 0.0617 e. The zero-order chi connectivity index (χ0) is 15.4. The van der Waals surface area contributed by atoms with Crippen LogP contribution in [0.5, 0.6) is 0 Å². The Balaban J connectivity index is 1.43. The summed E-state index contributed by atoms with van der Waals surface area (Å²) < 4.78 is 0. The van der Waals surface area contributed by atoms with Crippen molar-refractivity contribution in [2.75, 3.05) is 0 Å². The first-order chi connectivity index (χ1) is 11.2. The predicted octanol–water partition coefficient (Wildman–Crippen LogP) is 4.71. The van der Waals surface area contributed by atoms with E-state index in [9.17, 15) is 0 Å². The van der Waals surface area contributed by atoms with Crippen LogP contribution in [0, 0.1) is 24.7 Å². The van der Waals surface area contributed by atoms with Crippen LogP contribution in [-0.2, 0) is 0 Å². The Kier molecular flexibility index (Phi) is 2.88. The highest BCUT2D eigenvalue weighted by atomic mass is 14.9.